The van der Waals surface area contributed by atoms with Crippen molar-refractivity contribution in [2.45, 2.75) is 25.0 Å². The van der Waals surface area contributed by atoms with Crippen LogP contribution >= 0.6 is 11.8 Å². The Hall–Kier alpha value is -0.0200. The lowest BCUT2D eigenvalue weighted by Gasteiger charge is -2.23. The SMILES string of the molecule is CC1(C)SCCC1C(=O)CN. The van der Waals surface area contributed by atoms with Gasteiger partial charge in [-0.3, -0.25) is 4.79 Å². The Morgan fingerprint density at radius 1 is 1.73 bits per heavy atom. The summed E-state index contributed by atoms with van der Waals surface area (Å²) in [4.78, 5) is 11.3. The molecule has 0 bridgehead atoms. The Morgan fingerprint density at radius 3 is 2.73 bits per heavy atom. The number of carbonyl (C=O) groups excluding carboxylic acids is 1. The molecule has 2 N–H and O–H groups in total. The van der Waals surface area contributed by atoms with Crippen LogP contribution in [0.2, 0.25) is 0 Å². The number of thioether (sulfide) groups is 1. The van der Waals surface area contributed by atoms with E-state index >= 15 is 0 Å². The summed E-state index contributed by atoms with van der Waals surface area (Å²) in [5.74, 6) is 1.51. The molecule has 0 spiro atoms. The zero-order valence-corrected chi connectivity index (χ0v) is 7.91. The first kappa shape index (κ1) is 9.07. The van der Waals surface area contributed by atoms with E-state index in [9.17, 15) is 4.79 Å². The molecule has 0 aromatic heterocycles. The average molecular weight is 173 g/mol. The summed E-state index contributed by atoms with van der Waals surface area (Å²) in [6, 6.07) is 0. The minimum absolute atomic E-state index is 0.121. The van der Waals surface area contributed by atoms with Crippen molar-refractivity contribution < 1.29 is 4.79 Å². The first-order valence-corrected chi connectivity index (χ1v) is 4.93. The highest BCUT2D eigenvalue weighted by Crippen LogP contribution is 2.42. The van der Waals surface area contributed by atoms with Gasteiger partial charge in [-0.15, -0.1) is 0 Å². The van der Waals surface area contributed by atoms with Gasteiger partial charge in [0.25, 0.3) is 0 Å². The monoisotopic (exact) mass is 173 g/mol. The van der Waals surface area contributed by atoms with Gasteiger partial charge in [-0.05, 0) is 26.0 Å². The molecule has 1 atom stereocenters. The molecule has 2 nitrogen and oxygen atoms in total. The van der Waals surface area contributed by atoms with Gasteiger partial charge in [0.05, 0.1) is 6.54 Å². The van der Waals surface area contributed by atoms with E-state index in [1.807, 2.05) is 11.8 Å². The second-order valence-electron chi connectivity index (χ2n) is 3.46. The molecule has 64 valence electrons. The fourth-order valence-corrected chi connectivity index (χ4v) is 2.91. The Kier molecular flexibility index (Phi) is 2.60. The third-order valence-corrected chi connectivity index (χ3v) is 3.78. The summed E-state index contributed by atoms with van der Waals surface area (Å²) >= 11 is 1.87. The van der Waals surface area contributed by atoms with E-state index < -0.39 is 0 Å². The maximum absolute atomic E-state index is 11.3. The van der Waals surface area contributed by atoms with Gasteiger partial charge in [0.1, 0.15) is 0 Å². The summed E-state index contributed by atoms with van der Waals surface area (Å²) in [5.41, 5.74) is 5.31. The molecular formula is C8H15NOS. The van der Waals surface area contributed by atoms with E-state index in [-0.39, 0.29) is 23.0 Å². The lowest BCUT2D eigenvalue weighted by Crippen LogP contribution is -2.33. The van der Waals surface area contributed by atoms with Crippen molar-refractivity contribution in [3.63, 3.8) is 0 Å². The number of ketones is 1. The predicted molar refractivity (Wildman–Crippen MR) is 48.7 cm³/mol. The number of Topliss-reactive ketones (excluding diaryl/α,β-unsaturated/α-hetero) is 1. The zero-order chi connectivity index (χ0) is 8.48. The lowest BCUT2D eigenvalue weighted by atomic mass is 9.89. The van der Waals surface area contributed by atoms with Crippen LogP contribution in [0.15, 0.2) is 0 Å². The van der Waals surface area contributed by atoms with Crippen LogP contribution in [0.1, 0.15) is 20.3 Å². The molecule has 0 aromatic rings. The molecule has 0 amide bonds. The van der Waals surface area contributed by atoms with Crippen LogP contribution in [-0.4, -0.2) is 22.8 Å². The molecule has 0 radical (unpaired) electrons. The Balaban J connectivity index is 2.64. The Labute approximate surface area is 71.9 Å². The standard InChI is InChI=1S/C8H15NOS/c1-8(2)6(3-4-11-8)7(10)5-9/h6H,3-5,9H2,1-2H3. The van der Waals surface area contributed by atoms with Crippen LogP contribution in [0.4, 0.5) is 0 Å². The second kappa shape index (κ2) is 3.15. The number of carbonyl (C=O) groups is 1. The number of rotatable bonds is 2. The molecule has 0 saturated carbocycles. The van der Waals surface area contributed by atoms with Gasteiger partial charge in [-0.25, -0.2) is 0 Å². The highest BCUT2D eigenvalue weighted by molar-refractivity contribution is 8.00. The molecule has 1 unspecified atom stereocenters. The molecule has 1 fully saturated rings. The van der Waals surface area contributed by atoms with Crippen LogP contribution in [-0.2, 0) is 4.79 Å². The molecule has 3 heteroatoms. The van der Waals surface area contributed by atoms with Gasteiger partial charge in [0, 0.05) is 10.7 Å². The van der Waals surface area contributed by atoms with Gasteiger partial charge in [-0.1, -0.05) is 0 Å². The van der Waals surface area contributed by atoms with Crippen LogP contribution in [0.25, 0.3) is 0 Å². The lowest BCUT2D eigenvalue weighted by molar-refractivity contribution is -0.122. The maximum Gasteiger partial charge on any atom is 0.150 e. The van der Waals surface area contributed by atoms with Crippen molar-refractivity contribution in [1.82, 2.24) is 0 Å². The number of hydrogen-bond acceptors (Lipinski definition) is 3. The van der Waals surface area contributed by atoms with E-state index in [2.05, 4.69) is 13.8 Å². The minimum atomic E-state index is 0.121. The quantitative estimate of drug-likeness (QED) is 0.678. The van der Waals surface area contributed by atoms with Crippen molar-refractivity contribution >= 4 is 17.5 Å². The van der Waals surface area contributed by atoms with Gasteiger partial charge >= 0.3 is 0 Å². The minimum Gasteiger partial charge on any atom is -0.324 e. The molecule has 0 aliphatic carbocycles. The van der Waals surface area contributed by atoms with Gasteiger partial charge < -0.3 is 5.73 Å². The molecule has 1 rings (SSSR count). The molecular weight excluding hydrogens is 158 g/mol. The molecule has 0 aromatic carbocycles. The first-order chi connectivity index (χ1) is 5.08. The van der Waals surface area contributed by atoms with Crippen molar-refractivity contribution in [3.8, 4) is 0 Å². The fraction of sp³-hybridized carbons (Fsp3) is 0.875. The first-order valence-electron chi connectivity index (χ1n) is 3.94. The fourth-order valence-electron chi connectivity index (χ4n) is 1.58. The van der Waals surface area contributed by atoms with Gasteiger partial charge in [0.15, 0.2) is 5.78 Å². The molecule has 1 heterocycles. The second-order valence-corrected chi connectivity index (χ2v) is 5.21. The van der Waals surface area contributed by atoms with E-state index in [0.717, 1.165) is 12.2 Å². The number of nitrogens with two attached hydrogens (primary N) is 1. The Bertz CT molecular complexity index is 167. The van der Waals surface area contributed by atoms with E-state index in [1.165, 1.54) is 0 Å². The Morgan fingerprint density at radius 2 is 2.36 bits per heavy atom. The van der Waals surface area contributed by atoms with Crippen molar-refractivity contribution in [2.24, 2.45) is 11.7 Å². The smallest absolute Gasteiger partial charge is 0.150 e. The third-order valence-electron chi connectivity index (χ3n) is 2.31. The summed E-state index contributed by atoms with van der Waals surface area (Å²) in [7, 11) is 0. The van der Waals surface area contributed by atoms with Crippen LogP contribution in [0.3, 0.4) is 0 Å². The summed E-state index contributed by atoms with van der Waals surface area (Å²) < 4.78 is 0.121. The van der Waals surface area contributed by atoms with Crippen LogP contribution < -0.4 is 5.73 Å². The maximum atomic E-state index is 11.3. The van der Waals surface area contributed by atoms with Crippen molar-refractivity contribution in [3.05, 3.63) is 0 Å². The predicted octanol–water partition coefficient (Wildman–Crippen LogP) is 1.05. The van der Waals surface area contributed by atoms with Crippen LogP contribution in [0.5, 0.6) is 0 Å². The van der Waals surface area contributed by atoms with Crippen LogP contribution in [0, 0.1) is 5.92 Å². The summed E-state index contributed by atoms with van der Waals surface area (Å²) in [6.07, 6.45) is 1.01. The normalized spacial score (nSPS) is 28.8. The van der Waals surface area contributed by atoms with Gasteiger partial charge in [0.2, 0.25) is 0 Å². The topological polar surface area (TPSA) is 43.1 Å². The molecule has 11 heavy (non-hydrogen) atoms. The van der Waals surface area contributed by atoms with E-state index in [4.69, 9.17) is 5.73 Å². The van der Waals surface area contributed by atoms with Gasteiger partial charge in [-0.2, -0.15) is 11.8 Å². The molecule has 1 aliphatic rings. The van der Waals surface area contributed by atoms with E-state index in [0.29, 0.717) is 0 Å². The van der Waals surface area contributed by atoms with Crippen molar-refractivity contribution in [2.75, 3.05) is 12.3 Å². The van der Waals surface area contributed by atoms with E-state index in [1.54, 1.807) is 0 Å². The number of hydrogen-bond donors (Lipinski definition) is 1. The zero-order valence-electron chi connectivity index (χ0n) is 7.09. The highest BCUT2D eigenvalue weighted by Gasteiger charge is 2.38. The largest absolute Gasteiger partial charge is 0.324 e. The molecule has 1 saturated heterocycles. The summed E-state index contributed by atoms with van der Waals surface area (Å²) in [5, 5.41) is 0. The molecule has 1 aliphatic heterocycles. The van der Waals surface area contributed by atoms with Crippen molar-refractivity contribution in [1.29, 1.82) is 0 Å². The average Bonchev–Trinajstić information content (AvgIpc) is 2.28. The highest BCUT2D eigenvalue weighted by atomic mass is 32.2. The summed E-state index contributed by atoms with van der Waals surface area (Å²) in [6.45, 7) is 4.46. The third kappa shape index (κ3) is 1.76.